The van der Waals surface area contributed by atoms with E-state index < -0.39 is 17.2 Å². The van der Waals surface area contributed by atoms with Crippen molar-refractivity contribution in [2.24, 2.45) is 0 Å². The zero-order chi connectivity index (χ0) is 21.6. The summed E-state index contributed by atoms with van der Waals surface area (Å²) in [6, 6.07) is 3.08. The van der Waals surface area contributed by atoms with Crippen molar-refractivity contribution in [2.45, 2.75) is 101 Å². The number of hydrogen-bond donors (Lipinski definition) is 4. The van der Waals surface area contributed by atoms with Gasteiger partial charge in [0.15, 0.2) is 0 Å². The largest absolute Gasteiger partial charge is 0.464 e. The molecule has 0 aliphatic heterocycles. The first-order valence-electron chi connectivity index (χ1n) is 11.3. The molecule has 2 fully saturated rings. The minimum absolute atomic E-state index is 0.0525. The Kier molecular flexibility index (Phi) is 7.58. The first-order valence-corrected chi connectivity index (χ1v) is 11.3. The highest BCUT2D eigenvalue weighted by molar-refractivity contribution is 5.78. The van der Waals surface area contributed by atoms with Crippen LogP contribution in [0.5, 0.6) is 0 Å². The molecule has 30 heavy (non-hydrogen) atoms. The average molecular weight is 421 g/mol. The number of amides is 2. The van der Waals surface area contributed by atoms with E-state index in [-0.39, 0.29) is 31.2 Å². The maximum absolute atomic E-state index is 12.7. The van der Waals surface area contributed by atoms with Gasteiger partial charge < -0.3 is 25.3 Å². The second-order valence-corrected chi connectivity index (χ2v) is 9.30. The van der Waals surface area contributed by atoms with Gasteiger partial charge in [0.2, 0.25) is 11.8 Å². The van der Waals surface area contributed by atoms with Gasteiger partial charge in [0.05, 0.1) is 24.0 Å². The molecule has 0 bridgehead atoms. The van der Waals surface area contributed by atoms with Gasteiger partial charge in [-0.05, 0) is 44.7 Å². The molecule has 2 aliphatic rings. The van der Waals surface area contributed by atoms with Crippen molar-refractivity contribution in [1.29, 1.82) is 0 Å². The summed E-state index contributed by atoms with van der Waals surface area (Å²) in [6.07, 6.45) is 8.65. The fraction of sp³-hybridized carbons (Fsp3) is 0.739. The van der Waals surface area contributed by atoms with Crippen molar-refractivity contribution in [2.75, 3.05) is 6.54 Å². The molecular weight excluding hydrogens is 384 g/mol. The minimum Gasteiger partial charge on any atom is -0.464 e. The highest BCUT2D eigenvalue weighted by Crippen LogP contribution is 2.32. The van der Waals surface area contributed by atoms with Crippen LogP contribution in [0.25, 0.3) is 0 Å². The molecule has 0 saturated heterocycles. The second kappa shape index (κ2) is 9.96. The van der Waals surface area contributed by atoms with Gasteiger partial charge in [-0.3, -0.25) is 9.59 Å². The quantitative estimate of drug-likeness (QED) is 0.516. The topological polar surface area (TPSA) is 112 Å². The molecule has 4 N–H and O–H groups in total. The maximum atomic E-state index is 12.7. The van der Waals surface area contributed by atoms with E-state index in [1.807, 2.05) is 13.0 Å². The number of rotatable bonds is 8. The van der Waals surface area contributed by atoms with E-state index in [1.165, 1.54) is 0 Å². The Bertz CT molecular complexity index is 717. The summed E-state index contributed by atoms with van der Waals surface area (Å²) in [5.41, 5.74) is -1.87. The van der Waals surface area contributed by atoms with E-state index in [1.54, 1.807) is 6.07 Å². The predicted octanol–water partition coefficient (Wildman–Crippen LogP) is 3.03. The molecule has 1 heterocycles. The van der Waals surface area contributed by atoms with Gasteiger partial charge >= 0.3 is 0 Å². The third kappa shape index (κ3) is 6.57. The van der Waals surface area contributed by atoms with Crippen molar-refractivity contribution < 1.29 is 24.2 Å². The van der Waals surface area contributed by atoms with E-state index in [9.17, 15) is 19.8 Å². The predicted molar refractivity (Wildman–Crippen MR) is 113 cm³/mol. The number of nitrogens with one attached hydrogen (secondary N) is 2. The number of furan rings is 1. The maximum Gasteiger partial charge on any atom is 0.223 e. The van der Waals surface area contributed by atoms with Crippen LogP contribution in [0.2, 0.25) is 0 Å². The highest BCUT2D eigenvalue weighted by Gasteiger charge is 2.34. The van der Waals surface area contributed by atoms with Crippen molar-refractivity contribution in [1.82, 2.24) is 10.6 Å². The number of aliphatic hydroxyl groups is 2. The summed E-state index contributed by atoms with van der Waals surface area (Å²) in [5.74, 6) is 0.803. The Morgan fingerprint density at radius 1 is 0.933 bits per heavy atom. The average Bonchev–Trinajstić information content (AvgIpc) is 3.11. The van der Waals surface area contributed by atoms with E-state index in [0.717, 1.165) is 44.3 Å². The minimum atomic E-state index is -0.945. The monoisotopic (exact) mass is 420 g/mol. The summed E-state index contributed by atoms with van der Waals surface area (Å²) >= 11 is 0. The van der Waals surface area contributed by atoms with E-state index in [2.05, 4.69) is 10.6 Å². The second-order valence-electron chi connectivity index (χ2n) is 9.30. The third-order valence-corrected chi connectivity index (χ3v) is 6.49. The molecular formula is C23H36N2O5. The molecule has 1 atom stereocenters. The molecule has 3 rings (SSSR count). The number of hydrogen-bond acceptors (Lipinski definition) is 5. The molecule has 2 amide bonds. The number of carbonyl (C=O) groups excluding carboxylic acids is 2. The Morgan fingerprint density at radius 3 is 1.97 bits per heavy atom. The number of aryl methyl sites for hydroxylation is 1. The van der Waals surface area contributed by atoms with Crippen LogP contribution in [0.15, 0.2) is 16.5 Å². The Balaban J connectivity index is 1.57. The molecule has 168 valence electrons. The molecule has 2 saturated carbocycles. The lowest BCUT2D eigenvalue weighted by Gasteiger charge is -2.32. The van der Waals surface area contributed by atoms with Crippen molar-refractivity contribution in [3.8, 4) is 0 Å². The molecule has 0 spiro atoms. The molecule has 0 aromatic carbocycles. The zero-order valence-corrected chi connectivity index (χ0v) is 18.0. The molecule has 1 aromatic rings. The lowest BCUT2D eigenvalue weighted by atomic mass is 9.82. The van der Waals surface area contributed by atoms with Crippen molar-refractivity contribution in [3.05, 3.63) is 23.7 Å². The molecule has 0 radical (unpaired) electrons. The summed E-state index contributed by atoms with van der Waals surface area (Å²) < 4.78 is 5.69. The standard InChI is InChI=1S/C23H36N2O5/c1-17-8-9-19(30-17)18(25-21(27)15-23(29)12-6-3-7-13-23)16-24-20(26)14-22(28)10-4-2-5-11-22/h8-9,18,28-29H,2-7,10-16H2,1H3,(H,24,26)(H,25,27)/t18-/m1/s1. The zero-order valence-electron chi connectivity index (χ0n) is 18.0. The first kappa shape index (κ1) is 22.8. The van der Waals surface area contributed by atoms with Gasteiger partial charge in [-0.25, -0.2) is 0 Å². The van der Waals surface area contributed by atoms with Crippen LogP contribution in [0.3, 0.4) is 0 Å². The van der Waals surface area contributed by atoms with Crippen LogP contribution >= 0.6 is 0 Å². The normalized spacial score (nSPS) is 21.6. The van der Waals surface area contributed by atoms with Gasteiger partial charge in [0.1, 0.15) is 17.6 Å². The summed E-state index contributed by atoms with van der Waals surface area (Å²) in [6.45, 7) is 2.00. The van der Waals surface area contributed by atoms with E-state index in [4.69, 9.17) is 4.42 Å². The molecule has 1 aromatic heterocycles. The lowest BCUT2D eigenvalue weighted by molar-refractivity contribution is -0.130. The Labute approximate surface area is 178 Å². The SMILES string of the molecule is Cc1ccc([C@@H](CNC(=O)CC2(O)CCCCC2)NC(=O)CC2(O)CCCCC2)o1. The van der Waals surface area contributed by atoms with Crippen LogP contribution in [0.1, 0.15) is 94.6 Å². The van der Waals surface area contributed by atoms with Gasteiger partial charge in [-0.15, -0.1) is 0 Å². The van der Waals surface area contributed by atoms with Crippen LogP contribution in [-0.4, -0.2) is 39.8 Å². The highest BCUT2D eigenvalue weighted by atomic mass is 16.3. The van der Waals surface area contributed by atoms with Gasteiger partial charge in [-0.2, -0.15) is 0 Å². The van der Waals surface area contributed by atoms with Crippen LogP contribution < -0.4 is 10.6 Å². The summed E-state index contributed by atoms with van der Waals surface area (Å²) in [7, 11) is 0. The van der Waals surface area contributed by atoms with Crippen LogP contribution in [-0.2, 0) is 9.59 Å². The van der Waals surface area contributed by atoms with E-state index in [0.29, 0.717) is 31.4 Å². The van der Waals surface area contributed by atoms with Crippen LogP contribution in [0, 0.1) is 6.92 Å². The fourth-order valence-electron chi connectivity index (χ4n) is 4.76. The van der Waals surface area contributed by atoms with Gasteiger partial charge in [-0.1, -0.05) is 38.5 Å². The summed E-state index contributed by atoms with van der Waals surface area (Å²) in [5, 5.41) is 27.0. The van der Waals surface area contributed by atoms with Crippen molar-refractivity contribution >= 4 is 11.8 Å². The Hall–Kier alpha value is -1.86. The molecule has 2 aliphatic carbocycles. The van der Waals surface area contributed by atoms with Gasteiger partial charge in [0, 0.05) is 6.54 Å². The van der Waals surface area contributed by atoms with Crippen molar-refractivity contribution in [3.63, 3.8) is 0 Å². The summed E-state index contributed by atoms with van der Waals surface area (Å²) in [4.78, 5) is 25.1. The molecule has 0 unspecified atom stereocenters. The molecule has 7 nitrogen and oxygen atoms in total. The smallest absolute Gasteiger partial charge is 0.223 e. The lowest BCUT2D eigenvalue weighted by Crippen LogP contribution is -2.44. The van der Waals surface area contributed by atoms with E-state index >= 15 is 0 Å². The number of carbonyl (C=O) groups is 2. The third-order valence-electron chi connectivity index (χ3n) is 6.49. The Morgan fingerprint density at radius 2 is 1.47 bits per heavy atom. The molecule has 7 heteroatoms. The fourth-order valence-corrected chi connectivity index (χ4v) is 4.76. The van der Waals surface area contributed by atoms with Crippen LogP contribution in [0.4, 0.5) is 0 Å². The first-order chi connectivity index (χ1) is 14.3. The van der Waals surface area contributed by atoms with Gasteiger partial charge in [0.25, 0.3) is 0 Å².